The molecule has 0 bridgehead atoms. The van der Waals surface area contributed by atoms with Crippen LogP contribution in [0.25, 0.3) is 11.1 Å². The van der Waals surface area contributed by atoms with Gasteiger partial charge in [-0.1, -0.05) is 42.5 Å². The number of nitrogens with one attached hydrogen (secondary N) is 2. The third kappa shape index (κ3) is 7.39. The number of carboxylic acids is 1. The molecule has 11 heteroatoms. The molecule has 0 unspecified atom stereocenters. The van der Waals surface area contributed by atoms with Crippen LogP contribution in [-0.4, -0.2) is 37.1 Å². The van der Waals surface area contributed by atoms with E-state index in [1.165, 1.54) is 11.4 Å². The van der Waals surface area contributed by atoms with Crippen LogP contribution >= 0.6 is 11.3 Å². The number of anilines is 2. The minimum absolute atomic E-state index is 0.170. The highest BCUT2D eigenvalue weighted by Crippen LogP contribution is 2.26. The number of carbonyl (C=O) groups excluding carboxylic acids is 1. The molecule has 1 amide bonds. The zero-order chi connectivity index (χ0) is 30.4. The fourth-order valence-corrected chi connectivity index (χ4v) is 6.62. The fourth-order valence-electron chi connectivity index (χ4n) is 4.31. The highest BCUT2D eigenvalue weighted by atomic mass is 32.2. The minimum atomic E-state index is -4.07. The van der Waals surface area contributed by atoms with Crippen LogP contribution in [0.15, 0.2) is 113 Å². The maximum Gasteiger partial charge on any atom is 0.347 e. The van der Waals surface area contributed by atoms with E-state index in [2.05, 4.69) is 10.0 Å². The lowest BCUT2D eigenvalue weighted by Gasteiger charge is -2.11. The molecule has 5 aromatic rings. The summed E-state index contributed by atoms with van der Waals surface area (Å²) in [7, 11) is -4.07. The molecule has 5 rings (SSSR count). The van der Waals surface area contributed by atoms with E-state index in [1.54, 1.807) is 84.9 Å². The summed E-state index contributed by atoms with van der Waals surface area (Å²) in [5.41, 5.74) is 3.87. The molecular formula is C32H26N2O7S2. The first-order valence-electron chi connectivity index (χ1n) is 13.0. The second-order valence-electron chi connectivity index (χ2n) is 9.43. The molecule has 0 aliphatic carbocycles. The Kier molecular flexibility index (Phi) is 8.74. The summed E-state index contributed by atoms with van der Waals surface area (Å²) < 4.78 is 33.9. The zero-order valence-electron chi connectivity index (χ0n) is 22.6. The molecule has 0 fully saturated rings. The van der Waals surface area contributed by atoms with Gasteiger partial charge in [0.25, 0.3) is 15.9 Å². The van der Waals surface area contributed by atoms with Crippen molar-refractivity contribution in [1.82, 2.24) is 0 Å². The average molecular weight is 615 g/mol. The number of amides is 1. The van der Waals surface area contributed by atoms with Crippen LogP contribution in [0.1, 0.15) is 25.6 Å². The molecule has 218 valence electrons. The van der Waals surface area contributed by atoms with Gasteiger partial charge in [0.05, 0.1) is 6.61 Å². The van der Waals surface area contributed by atoms with Crippen molar-refractivity contribution >= 4 is 44.6 Å². The molecule has 1 aromatic heterocycles. The van der Waals surface area contributed by atoms with Crippen LogP contribution < -0.4 is 14.8 Å². The van der Waals surface area contributed by atoms with Gasteiger partial charge in [0.1, 0.15) is 21.3 Å². The number of rotatable bonds is 11. The molecule has 1 heterocycles. The molecule has 0 aliphatic heterocycles. The van der Waals surface area contributed by atoms with Crippen LogP contribution in [0.4, 0.5) is 11.4 Å². The number of benzene rings is 4. The fraction of sp³-hybridized carbons (Fsp3) is 0.0625. The van der Waals surface area contributed by atoms with Crippen molar-refractivity contribution in [1.29, 1.82) is 0 Å². The average Bonchev–Trinajstić information content (AvgIpc) is 3.50. The SMILES string of the molecule is O=C(Nc1cccc(OCCc2cccc(NS(=O)(=O)c3ccsc3C(=O)O)c2)c1)c1cccc(-c2ccc(O)cc2)c1. The second kappa shape index (κ2) is 12.8. The summed E-state index contributed by atoms with van der Waals surface area (Å²) in [6.45, 7) is 0.288. The van der Waals surface area contributed by atoms with Crippen LogP contribution in [0, 0.1) is 0 Å². The number of hydrogen-bond acceptors (Lipinski definition) is 7. The Morgan fingerprint density at radius 3 is 2.35 bits per heavy atom. The van der Waals surface area contributed by atoms with E-state index in [-0.39, 0.29) is 28.0 Å². The predicted molar refractivity (Wildman–Crippen MR) is 166 cm³/mol. The number of phenols is 1. The summed E-state index contributed by atoms with van der Waals surface area (Å²) in [4.78, 5) is 23.8. The summed E-state index contributed by atoms with van der Waals surface area (Å²) in [6.07, 6.45) is 0.467. The van der Waals surface area contributed by atoms with Gasteiger partial charge in [-0.3, -0.25) is 9.52 Å². The number of aromatic hydroxyl groups is 1. The van der Waals surface area contributed by atoms with Gasteiger partial charge in [-0.2, -0.15) is 0 Å². The lowest BCUT2D eigenvalue weighted by Crippen LogP contribution is -2.15. The third-order valence-electron chi connectivity index (χ3n) is 6.37. The monoisotopic (exact) mass is 614 g/mol. The highest BCUT2D eigenvalue weighted by Gasteiger charge is 2.24. The minimum Gasteiger partial charge on any atom is -0.508 e. The van der Waals surface area contributed by atoms with Gasteiger partial charge in [-0.25, -0.2) is 13.2 Å². The molecule has 0 radical (unpaired) electrons. The third-order valence-corrected chi connectivity index (χ3v) is 8.82. The van der Waals surface area contributed by atoms with Gasteiger partial charge in [0.2, 0.25) is 0 Å². The number of hydrogen-bond donors (Lipinski definition) is 4. The van der Waals surface area contributed by atoms with Crippen molar-refractivity contribution < 1.29 is 33.0 Å². The molecule has 0 saturated carbocycles. The maximum absolute atomic E-state index is 13.0. The lowest BCUT2D eigenvalue weighted by molar-refractivity contribution is 0.0698. The van der Waals surface area contributed by atoms with Crippen LogP contribution in [0.5, 0.6) is 11.5 Å². The number of carboxylic acid groups (broad SMARTS) is 1. The van der Waals surface area contributed by atoms with E-state index in [9.17, 15) is 28.2 Å². The second-order valence-corrected chi connectivity index (χ2v) is 12.0. The van der Waals surface area contributed by atoms with Crippen molar-refractivity contribution in [3.63, 3.8) is 0 Å². The van der Waals surface area contributed by atoms with Gasteiger partial charge in [0, 0.05) is 29.4 Å². The number of carbonyl (C=O) groups is 2. The van der Waals surface area contributed by atoms with Gasteiger partial charge in [-0.05, 0) is 76.7 Å². The van der Waals surface area contributed by atoms with E-state index in [4.69, 9.17) is 4.74 Å². The van der Waals surface area contributed by atoms with E-state index >= 15 is 0 Å². The molecule has 0 atom stereocenters. The van der Waals surface area contributed by atoms with Crippen LogP contribution in [0.3, 0.4) is 0 Å². The number of phenolic OH excluding ortho intramolecular Hbond substituents is 1. The Balaban J connectivity index is 1.18. The largest absolute Gasteiger partial charge is 0.508 e. The Labute approximate surface area is 252 Å². The summed E-state index contributed by atoms with van der Waals surface area (Å²) in [5, 5.41) is 23.1. The molecule has 9 nitrogen and oxygen atoms in total. The molecule has 4 N–H and O–H groups in total. The van der Waals surface area contributed by atoms with Crippen molar-refractivity contribution in [2.45, 2.75) is 11.3 Å². The summed E-state index contributed by atoms with van der Waals surface area (Å²) >= 11 is 0.845. The van der Waals surface area contributed by atoms with Crippen molar-refractivity contribution in [3.05, 3.63) is 125 Å². The van der Waals surface area contributed by atoms with E-state index in [0.717, 1.165) is 28.0 Å². The number of aromatic carboxylic acids is 1. The van der Waals surface area contributed by atoms with Gasteiger partial charge < -0.3 is 20.3 Å². The molecular weight excluding hydrogens is 588 g/mol. The first-order valence-corrected chi connectivity index (χ1v) is 15.4. The normalized spacial score (nSPS) is 11.1. The Bertz CT molecular complexity index is 1880. The first-order chi connectivity index (χ1) is 20.7. The van der Waals surface area contributed by atoms with Crippen molar-refractivity contribution in [2.75, 3.05) is 16.6 Å². The Morgan fingerprint density at radius 1 is 0.814 bits per heavy atom. The number of sulfonamides is 1. The Morgan fingerprint density at radius 2 is 1.56 bits per heavy atom. The van der Waals surface area contributed by atoms with Crippen LogP contribution in [0.2, 0.25) is 0 Å². The molecule has 43 heavy (non-hydrogen) atoms. The lowest BCUT2D eigenvalue weighted by atomic mass is 10.0. The summed E-state index contributed by atoms with van der Waals surface area (Å²) in [6, 6.07) is 29.0. The smallest absolute Gasteiger partial charge is 0.347 e. The highest BCUT2D eigenvalue weighted by molar-refractivity contribution is 7.93. The molecule has 0 saturated heterocycles. The van der Waals surface area contributed by atoms with E-state index in [1.807, 2.05) is 12.1 Å². The standard InChI is InChI=1S/C32H26N2O7S2/c35-27-12-10-22(11-13-27)23-5-2-6-24(19-23)31(36)33-25-7-3-9-28(20-25)41-16-14-21-4-1-8-26(18-21)34-43(39,40)29-15-17-42-30(29)32(37)38/h1-13,15,17-20,34-35H,14,16H2,(H,33,36)(H,37,38). The quantitative estimate of drug-likeness (QED) is 0.133. The number of ether oxygens (including phenoxy) is 1. The van der Waals surface area contributed by atoms with Crippen molar-refractivity contribution in [2.24, 2.45) is 0 Å². The molecule has 4 aromatic carbocycles. The maximum atomic E-state index is 13.0. The molecule has 0 spiro atoms. The zero-order valence-corrected chi connectivity index (χ0v) is 24.2. The summed E-state index contributed by atoms with van der Waals surface area (Å²) in [5.74, 6) is -0.867. The van der Waals surface area contributed by atoms with Gasteiger partial charge in [-0.15, -0.1) is 11.3 Å². The van der Waals surface area contributed by atoms with Gasteiger partial charge in [0.15, 0.2) is 0 Å². The molecule has 0 aliphatic rings. The topological polar surface area (TPSA) is 142 Å². The predicted octanol–water partition coefficient (Wildman–Crippen LogP) is 6.49. The Hall–Kier alpha value is -5.13. The van der Waals surface area contributed by atoms with Crippen molar-refractivity contribution in [3.8, 4) is 22.6 Å². The van der Waals surface area contributed by atoms with Gasteiger partial charge >= 0.3 is 5.97 Å². The van der Waals surface area contributed by atoms with Crippen LogP contribution in [-0.2, 0) is 16.4 Å². The van der Waals surface area contributed by atoms with E-state index in [0.29, 0.717) is 29.1 Å². The number of thiophene rings is 1. The van der Waals surface area contributed by atoms with E-state index < -0.39 is 16.0 Å². The first kappa shape index (κ1) is 29.4.